The van der Waals surface area contributed by atoms with E-state index in [9.17, 15) is 4.79 Å². The van der Waals surface area contributed by atoms with Gasteiger partial charge in [0.25, 0.3) is 0 Å². The number of thiophene rings is 1. The Morgan fingerprint density at radius 3 is 2.65 bits per heavy atom. The first-order valence-corrected chi connectivity index (χ1v) is 8.98. The Balaban J connectivity index is 1.57. The number of fused-ring (bicyclic) bond motifs is 1. The molecule has 0 saturated heterocycles. The molecule has 116 valence electrons. The summed E-state index contributed by atoms with van der Waals surface area (Å²) in [7, 11) is 0. The van der Waals surface area contributed by atoms with Gasteiger partial charge in [-0.3, -0.25) is 4.79 Å². The Bertz CT molecular complexity index is 815. The van der Waals surface area contributed by atoms with Crippen molar-refractivity contribution in [2.75, 3.05) is 0 Å². The molecule has 0 unspecified atom stereocenters. The summed E-state index contributed by atoms with van der Waals surface area (Å²) in [6.45, 7) is 0.756. The van der Waals surface area contributed by atoms with Crippen molar-refractivity contribution in [3.63, 3.8) is 0 Å². The van der Waals surface area contributed by atoms with Crippen LogP contribution in [-0.4, -0.2) is 16.8 Å². The lowest BCUT2D eigenvalue weighted by atomic mass is 10.0. The maximum Gasteiger partial charge on any atom is 0.227 e. The first-order valence-electron chi connectivity index (χ1n) is 8.10. The van der Waals surface area contributed by atoms with Gasteiger partial charge in [0.1, 0.15) is 0 Å². The molecule has 1 saturated carbocycles. The van der Waals surface area contributed by atoms with Crippen molar-refractivity contribution in [1.82, 2.24) is 4.90 Å². The van der Waals surface area contributed by atoms with Crippen LogP contribution in [0.4, 0.5) is 0 Å². The highest BCUT2D eigenvalue weighted by Crippen LogP contribution is 2.30. The average molecular weight is 321 g/mol. The van der Waals surface area contributed by atoms with Crippen LogP contribution in [0, 0.1) is 0 Å². The molecule has 1 aliphatic rings. The van der Waals surface area contributed by atoms with Crippen LogP contribution in [0.1, 0.15) is 23.3 Å². The Hall–Kier alpha value is -2.13. The molecule has 2 nitrogen and oxygen atoms in total. The predicted molar refractivity (Wildman–Crippen MR) is 95.5 cm³/mol. The highest BCUT2D eigenvalue weighted by molar-refractivity contribution is 7.09. The number of carbonyl (C=O) groups excluding carboxylic acids is 1. The molecule has 0 aliphatic heterocycles. The summed E-state index contributed by atoms with van der Waals surface area (Å²) in [6.07, 6.45) is 2.78. The van der Waals surface area contributed by atoms with Gasteiger partial charge in [0.15, 0.2) is 0 Å². The third kappa shape index (κ3) is 3.15. The second-order valence-corrected chi connectivity index (χ2v) is 7.18. The monoisotopic (exact) mass is 321 g/mol. The standard InChI is InChI=1S/C20H19NOS/c22-20(21(17-10-11-17)14-18-8-4-12-23-18)13-16-7-3-6-15-5-1-2-9-19(15)16/h1-9,12,17H,10-11,13-14H2. The van der Waals surface area contributed by atoms with Crippen molar-refractivity contribution in [2.45, 2.75) is 31.8 Å². The molecule has 0 bridgehead atoms. The minimum atomic E-state index is 0.247. The van der Waals surface area contributed by atoms with E-state index in [1.165, 1.54) is 15.6 Å². The molecule has 1 heterocycles. The van der Waals surface area contributed by atoms with Crippen LogP contribution in [-0.2, 0) is 17.8 Å². The number of hydrogen-bond acceptors (Lipinski definition) is 2. The van der Waals surface area contributed by atoms with Gasteiger partial charge in [0.05, 0.1) is 13.0 Å². The molecule has 1 amide bonds. The van der Waals surface area contributed by atoms with Crippen molar-refractivity contribution < 1.29 is 4.79 Å². The predicted octanol–water partition coefficient (Wildman–Crippen LogP) is 4.64. The first kappa shape index (κ1) is 14.5. The summed E-state index contributed by atoms with van der Waals surface area (Å²) in [5.41, 5.74) is 1.13. The van der Waals surface area contributed by atoms with Gasteiger partial charge >= 0.3 is 0 Å². The lowest BCUT2D eigenvalue weighted by molar-refractivity contribution is -0.131. The Morgan fingerprint density at radius 1 is 1.04 bits per heavy atom. The molecular weight excluding hydrogens is 302 g/mol. The van der Waals surface area contributed by atoms with Gasteiger partial charge in [-0.15, -0.1) is 11.3 Å². The summed E-state index contributed by atoms with van der Waals surface area (Å²) in [4.78, 5) is 16.2. The summed E-state index contributed by atoms with van der Waals surface area (Å²) >= 11 is 1.73. The van der Waals surface area contributed by atoms with Crippen LogP contribution in [0.25, 0.3) is 10.8 Å². The number of hydrogen-bond donors (Lipinski definition) is 0. The van der Waals surface area contributed by atoms with Crippen LogP contribution < -0.4 is 0 Å². The van der Waals surface area contributed by atoms with E-state index in [2.05, 4.69) is 46.7 Å². The van der Waals surface area contributed by atoms with Gasteiger partial charge < -0.3 is 4.90 Å². The maximum atomic E-state index is 12.9. The minimum Gasteiger partial charge on any atom is -0.334 e. The van der Waals surface area contributed by atoms with E-state index in [1.807, 2.05) is 18.2 Å². The molecule has 0 radical (unpaired) electrons. The van der Waals surface area contributed by atoms with Gasteiger partial charge in [-0.25, -0.2) is 0 Å². The molecule has 4 rings (SSSR count). The third-order valence-electron chi connectivity index (χ3n) is 4.44. The van der Waals surface area contributed by atoms with Crippen molar-refractivity contribution in [3.8, 4) is 0 Å². The van der Waals surface area contributed by atoms with Gasteiger partial charge in [0.2, 0.25) is 5.91 Å². The molecule has 1 aromatic heterocycles. The Labute approximate surface area is 140 Å². The van der Waals surface area contributed by atoms with Gasteiger partial charge in [0, 0.05) is 10.9 Å². The van der Waals surface area contributed by atoms with E-state index < -0.39 is 0 Å². The molecule has 2 aromatic carbocycles. The van der Waals surface area contributed by atoms with Gasteiger partial charge in [-0.2, -0.15) is 0 Å². The van der Waals surface area contributed by atoms with Crippen molar-refractivity contribution in [1.29, 1.82) is 0 Å². The number of carbonyl (C=O) groups is 1. The van der Waals surface area contributed by atoms with E-state index in [0.717, 1.165) is 24.9 Å². The van der Waals surface area contributed by atoms with E-state index in [4.69, 9.17) is 0 Å². The topological polar surface area (TPSA) is 20.3 Å². The summed E-state index contributed by atoms with van der Waals surface area (Å²) in [5, 5.41) is 4.47. The molecule has 0 N–H and O–H groups in total. The minimum absolute atomic E-state index is 0.247. The summed E-state index contributed by atoms with van der Waals surface area (Å²) < 4.78 is 0. The molecule has 0 atom stereocenters. The van der Waals surface area contributed by atoms with E-state index in [-0.39, 0.29) is 5.91 Å². The Morgan fingerprint density at radius 2 is 1.87 bits per heavy atom. The van der Waals surface area contributed by atoms with Gasteiger partial charge in [-0.1, -0.05) is 48.5 Å². The Kier molecular flexibility index (Phi) is 3.88. The van der Waals surface area contributed by atoms with E-state index >= 15 is 0 Å². The quantitative estimate of drug-likeness (QED) is 0.670. The fraction of sp³-hybridized carbons (Fsp3) is 0.250. The molecule has 3 aromatic rings. The smallest absolute Gasteiger partial charge is 0.227 e. The fourth-order valence-electron chi connectivity index (χ4n) is 3.09. The number of rotatable bonds is 5. The zero-order chi connectivity index (χ0) is 15.6. The largest absolute Gasteiger partial charge is 0.334 e. The normalized spacial score (nSPS) is 14.1. The second-order valence-electron chi connectivity index (χ2n) is 6.15. The average Bonchev–Trinajstić information content (AvgIpc) is 3.29. The highest BCUT2D eigenvalue weighted by atomic mass is 32.1. The number of amides is 1. The molecule has 1 fully saturated rings. The van der Waals surface area contributed by atoms with E-state index in [1.54, 1.807) is 11.3 Å². The van der Waals surface area contributed by atoms with Crippen LogP contribution >= 0.6 is 11.3 Å². The number of benzene rings is 2. The zero-order valence-corrected chi connectivity index (χ0v) is 13.8. The fourth-order valence-corrected chi connectivity index (χ4v) is 3.79. The van der Waals surface area contributed by atoms with E-state index in [0.29, 0.717) is 12.5 Å². The van der Waals surface area contributed by atoms with Crippen molar-refractivity contribution in [3.05, 3.63) is 70.4 Å². The summed E-state index contributed by atoms with van der Waals surface area (Å²) in [5.74, 6) is 0.247. The lowest BCUT2D eigenvalue weighted by Crippen LogP contribution is -2.33. The molecule has 0 spiro atoms. The lowest BCUT2D eigenvalue weighted by Gasteiger charge is -2.22. The van der Waals surface area contributed by atoms with Crippen molar-refractivity contribution in [2.24, 2.45) is 0 Å². The third-order valence-corrected chi connectivity index (χ3v) is 5.30. The van der Waals surface area contributed by atoms with Crippen molar-refractivity contribution >= 4 is 28.0 Å². The molecule has 23 heavy (non-hydrogen) atoms. The van der Waals surface area contributed by atoms with Crippen LogP contribution in [0.5, 0.6) is 0 Å². The SMILES string of the molecule is O=C(Cc1cccc2ccccc12)N(Cc1cccs1)C1CC1. The van der Waals surface area contributed by atoms with Gasteiger partial charge in [-0.05, 0) is 40.6 Å². The first-order chi connectivity index (χ1) is 11.3. The van der Waals surface area contributed by atoms with Crippen LogP contribution in [0.15, 0.2) is 60.0 Å². The molecule has 1 aliphatic carbocycles. The molecule has 3 heteroatoms. The highest BCUT2D eigenvalue weighted by Gasteiger charge is 2.32. The van der Waals surface area contributed by atoms with Crippen LogP contribution in [0.2, 0.25) is 0 Å². The second kappa shape index (κ2) is 6.17. The summed E-state index contributed by atoms with van der Waals surface area (Å²) in [6, 6.07) is 19.1. The molecular formula is C20H19NOS. The zero-order valence-electron chi connectivity index (χ0n) is 12.9. The maximum absolute atomic E-state index is 12.9. The van der Waals surface area contributed by atoms with Crippen LogP contribution in [0.3, 0.4) is 0 Å². The number of nitrogens with zero attached hydrogens (tertiary/aromatic N) is 1.